The maximum absolute atomic E-state index is 11.4. The summed E-state index contributed by atoms with van der Waals surface area (Å²) in [5.74, 6) is -0.803. The van der Waals surface area contributed by atoms with E-state index in [1.54, 1.807) is 6.92 Å². The van der Waals surface area contributed by atoms with Crippen molar-refractivity contribution in [2.45, 2.75) is 6.92 Å². The molecule has 0 spiro atoms. The van der Waals surface area contributed by atoms with Gasteiger partial charge >= 0.3 is 0 Å². The number of fused-ring (bicyclic) bond motifs is 1. The monoisotopic (exact) mass is 193 g/mol. The van der Waals surface area contributed by atoms with E-state index in [1.807, 2.05) is 0 Å². The van der Waals surface area contributed by atoms with Gasteiger partial charge in [-0.05, 0) is 6.92 Å². The molecule has 0 aliphatic carbocycles. The molecule has 6 heteroatoms. The lowest BCUT2D eigenvalue weighted by molar-refractivity contribution is 0.0691. The molecule has 1 N–H and O–H groups in total. The summed E-state index contributed by atoms with van der Waals surface area (Å²) in [5, 5.41) is 0. The molecule has 1 aliphatic heterocycles. The fourth-order valence-corrected chi connectivity index (χ4v) is 1.36. The van der Waals surface area contributed by atoms with E-state index in [-0.39, 0.29) is 11.3 Å². The van der Waals surface area contributed by atoms with Crippen LogP contribution in [0.2, 0.25) is 0 Å². The van der Waals surface area contributed by atoms with Crippen molar-refractivity contribution in [2.75, 3.05) is 7.05 Å². The van der Waals surface area contributed by atoms with E-state index in [0.29, 0.717) is 5.82 Å². The first-order chi connectivity index (χ1) is 6.52. The molecule has 0 saturated carbocycles. The van der Waals surface area contributed by atoms with Gasteiger partial charge < -0.3 is 4.98 Å². The molecule has 2 rings (SSSR count). The summed E-state index contributed by atoms with van der Waals surface area (Å²) in [7, 11) is 1.32. The lowest BCUT2D eigenvalue weighted by Gasteiger charge is -2.01. The van der Waals surface area contributed by atoms with E-state index in [2.05, 4.69) is 9.97 Å². The number of aromatic nitrogens is 2. The summed E-state index contributed by atoms with van der Waals surface area (Å²) >= 11 is 0. The van der Waals surface area contributed by atoms with Crippen LogP contribution in [0.15, 0.2) is 4.79 Å². The highest BCUT2D eigenvalue weighted by Crippen LogP contribution is 2.15. The van der Waals surface area contributed by atoms with Gasteiger partial charge in [-0.15, -0.1) is 0 Å². The van der Waals surface area contributed by atoms with Gasteiger partial charge in [-0.1, -0.05) is 0 Å². The minimum absolute atomic E-state index is 0.0567. The summed E-state index contributed by atoms with van der Waals surface area (Å²) in [6.45, 7) is 1.55. The Morgan fingerprint density at radius 1 is 1.21 bits per heavy atom. The topological polar surface area (TPSA) is 83.1 Å². The van der Waals surface area contributed by atoms with Gasteiger partial charge in [0.2, 0.25) is 0 Å². The van der Waals surface area contributed by atoms with Crippen LogP contribution in [0, 0.1) is 6.92 Å². The molecule has 2 heterocycles. The van der Waals surface area contributed by atoms with Gasteiger partial charge in [0, 0.05) is 7.05 Å². The van der Waals surface area contributed by atoms with Crippen molar-refractivity contribution in [3.63, 3.8) is 0 Å². The van der Waals surface area contributed by atoms with Crippen LogP contribution in [0.5, 0.6) is 0 Å². The van der Waals surface area contributed by atoms with Crippen LogP contribution in [-0.2, 0) is 0 Å². The Balaban J connectivity index is 2.82. The third-order valence-corrected chi connectivity index (χ3v) is 2.06. The SMILES string of the molecule is Cc1nc2c(c(=O)[nH]1)C(=O)N(C)C2=O. The number of rotatable bonds is 0. The van der Waals surface area contributed by atoms with Crippen molar-refractivity contribution in [3.05, 3.63) is 27.4 Å². The third-order valence-electron chi connectivity index (χ3n) is 2.06. The van der Waals surface area contributed by atoms with E-state index in [1.165, 1.54) is 7.05 Å². The molecule has 72 valence electrons. The summed E-state index contributed by atoms with van der Waals surface area (Å²) in [4.78, 5) is 41.2. The Bertz CT molecular complexity index is 503. The molecule has 1 aliphatic rings. The van der Waals surface area contributed by atoms with Crippen LogP contribution in [0.3, 0.4) is 0 Å². The summed E-state index contributed by atoms with van der Waals surface area (Å²) in [6.07, 6.45) is 0. The number of imide groups is 1. The number of aromatic amines is 1. The second kappa shape index (κ2) is 2.50. The van der Waals surface area contributed by atoms with Gasteiger partial charge in [-0.2, -0.15) is 0 Å². The molecule has 14 heavy (non-hydrogen) atoms. The second-order valence-corrected chi connectivity index (χ2v) is 3.04. The van der Waals surface area contributed by atoms with Crippen LogP contribution in [0.25, 0.3) is 0 Å². The van der Waals surface area contributed by atoms with Gasteiger partial charge in [-0.3, -0.25) is 19.3 Å². The number of aryl methyl sites for hydroxylation is 1. The average molecular weight is 193 g/mol. The van der Waals surface area contributed by atoms with Gasteiger partial charge in [0.1, 0.15) is 17.1 Å². The van der Waals surface area contributed by atoms with Crippen LogP contribution < -0.4 is 5.56 Å². The first-order valence-corrected chi connectivity index (χ1v) is 3.95. The molecule has 0 aromatic carbocycles. The van der Waals surface area contributed by atoms with E-state index in [4.69, 9.17) is 0 Å². The van der Waals surface area contributed by atoms with Crippen molar-refractivity contribution in [1.29, 1.82) is 0 Å². The average Bonchev–Trinajstić information content (AvgIpc) is 2.31. The minimum Gasteiger partial charge on any atom is -0.310 e. The number of amides is 2. The predicted molar refractivity (Wildman–Crippen MR) is 46.0 cm³/mol. The quantitative estimate of drug-likeness (QED) is 0.552. The standard InChI is InChI=1S/C8H7N3O3/c1-3-9-5-4(6(12)10-3)7(13)11(2)8(5)14/h1-2H3,(H,9,10,12). The Labute approximate surface area is 78.6 Å². The van der Waals surface area contributed by atoms with E-state index in [0.717, 1.165) is 4.90 Å². The smallest absolute Gasteiger partial charge is 0.280 e. The van der Waals surface area contributed by atoms with Crippen LogP contribution in [0.4, 0.5) is 0 Å². The van der Waals surface area contributed by atoms with Gasteiger partial charge in [0.25, 0.3) is 17.4 Å². The predicted octanol–water partition coefficient (Wildman–Crippen LogP) is -0.696. The zero-order valence-electron chi connectivity index (χ0n) is 7.62. The maximum Gasteiger partial charge on any atom is 0.280 e. The molecule has 0 fully saturated rings. The highest BCUT2D eigenvalue weighted by Gasteiger charge is 2.37. The Hall–Kier alpha value is -1.98. The van der Waals surface area contributed by atoms with Crippen LogP contribution >= 0.6 is 0 Å². The molecule has 0 saturated heterocycles. The van der Waals surface area contributed by atoms with E-state index >= 15 is 0 Å². The number of carbonyl (C=O) groups is 2. The fraction of sp³-hybridized carbons (Fsp3) is 0.250. The lowest BCUT2D eigenvalue weighted by Crippen LogP contribution is -2.26. The largest absolute Gasteiger partial charge is 0.310 e. The first kappa shape index (κ1) is 8.61. The first-order valence-electron chi connectivity index (χ1n) is 3.95. The number of H-pyrrole nitrogens is 1. The molecule has 0 bridgehead atoms. The Morgan fingerprint density at radius 3 is 2.50 bits per heavy atom. The molecular formula is C8H7N3O3. The Kier molecular flexibility index (Phi) is 1.54. The summed E-state index contributed by atoms with van der Waals surface area (Å²) < 4.78 is 0. The highest BCUT2D eigenvalue weighted by molar-refractivity contribution is 6.19. The molecule has 1 aromatic rings. The van der Waals surface area contributed by atoms with Crippen molar-refractivity contribution >= 4 is 11.8 Å². The van der Waals surface area contributed by atoms with Crippen molar-refractivity contribution in [2.24, 2.45) is 0 Å². The van der Waals surface area contributed by atoms with Crippen molar-refractivity contribution in [3.8, 4) is 0 Å². The number of hydrogen-bond acceptors (Lipinski definition) is 4. The zero-order chi connectivity index (χ0) is 10.5. The number of nitrogens with one attached hydrogen (secondary N) is 1. The molecule has 1 aromatic heterocycles. The normalized spacial score (nSPS) is 14.9. The number of hydrogen-bond donors (Lipinski definition) is 1. The molecule has 0 radical (unpaired) electrons. The van der Waals surface area contributed by atoms with Crippen LogP contribution in [-0.4, -0.2) is 33.7 Å². The molecule has 6 nitrogen and oxygen atoms in total. The zero-order valence-corrected chi connectivity index (χ0v) is 7.62. The van der Waals surface area contributed by atoms with E-state index in [9.17, 15) is 14.4 Å². The summed E-state index contributed by atoms with van der Waals surface area (Å²) in [6, 6.07) is 0. The maximum atomic E-state index is 11.4. The Morgan fingerprint density at radius 2 is 1.86 bits per heavy atom. The minimum atomic E-state index is -0.598. The molecular weight excluding hydrogens is 186 g/mol. The van der Waals surface area contributed by atoms with Gasteiger partial charge in [0.05, 0.1) is 0 Å². The third kappa shape index (κ3) is 0.905. The summed E-state index contributed by atoms with van der Waals surface area (Å²) in [5.41, 5.74) is -0.781. The highest BCUT2D eigenvalue weighted by atomic mass is 16.2. The number of nitrogens with zero attached hydrogens (tertiary/aromatic N) is 2. The second-order valence-electron chi connectivity index (χ2n) is 3.04. The van der Waals surface area contributed by atoms with Crippen molar-refractivity contribution in [1.82, 2.24) is 14.9 Å². The van der Waals surface area contributed by atoms with Crippen molar-refractivity contribution < 1.29 is 9.59 Å². The van der Waals surface area contributed by atoms with Crippen LogP contribution in [0.1, 0.15) is 26.7 Å². The number of carbonyl (C=O) groups excluding carboxylic acids is 2. The fourth-order valence-electron chi connectivity index (χ4n) is 1.36. The van der Waals surface area contributed by atoms with Gasteiger partial charge in [-0.25, -0.2) is 4.98 Å². The lowest BCUT2D eigenvalue weighted by atomic mass is 10.2. The van der Waals surface area contributed by atoms with E-state index < -0.39 is 17.4 Å². The molecule has 2 amide bonds. The molecule has 0 unspecified atom stereocenters. The van der Waals surface area contributed by atoms with Gasteiger partial charge in [0.15, 0.2) is 0 Å². The molecule has 0 atom stereocenters.